The molecule has 7 heteroatoms. The molecule has 0 amide bonds. The third-order valence-corrected chi connectivity index (χ3v) is 4.43. The fourth-order valence-electron chi connectivity index (χ4n) is 2.19. The number of ether oxygens (including phenoxy) is 2. The molecule has 6 nitrogen and oxygen atoms in total. The van der Waals surface area contributed by atoms with E-state index in [1.807, 2.05) is 0 Å². The van der Waals surface area contributed by atoms with E-state index in [9.17, 15) is 4.21 Å². The minimum Gasteiger partial charge on any atom is -0.493 e. The summed E-state index contributed by atoms with van der Waals surface area (Å²) in [5.74, 6) is 0.0570. The van der Waals surface area contributed by atoms with Gasteiger partial charge in [0.25, 0.3) is 0 Å². The number of fused-ring (bicyclic) bond motifs is 1. The van der Waals surface area contributed by atoms with Crippen LogP contribution in [0.5, 0.6) is 5.75 Å². The van der Waals surface area contributed by atoms with Crippen LogP contribution in [0.25, 0.3) is 11.0 Å². The summed E-state index contributed by atoms with van der Waals surface area (Å²) >= 11 is 0. The van der Waals surface area contributed by atoms with Gasteiger partial charge >= 0.3 is 0 Å². The Kier molecular flexibility index (Phi) is 4.28. The van der Waals surface area contributed by atoms with Crippen molar-refractivity contribution >= 4 is 21.8 Å². The lowest BCUT2D eigenvalue weighted by Crippen LogP contribution is -2.06. The normalized spacial score (nSPS) is 15.3. The second-order valence-electron chi connectivity index (χ2n) is 5.28. The quantitative estimate of drug-likeness (QED) is 0.623. The highest BCUT2D eigenvalue weighted by atomic mass is 32.2. The van der Waals surface area contributed by atoms with Crippen molar-refractivity contribution in [1.82, 2.24) is 15.0 Å². The van der Waals surface area contributed by atoms with Crippen molar-refractivity contribution in [3.8, 4) is 5.75 Å². The maximum Gasteiger partial charge on any atom is 0.197 e. The smallest absolute Gasteiger partial charge is 0.197 e. The Morgan fingerprint density at radius 2 is 2.20 bits per heavy atom. The number of imidazole rings is 1. The minimum absolute atomic E-state index is 0.0264. The average Bonchev–Trinajstić information content (AvgIpc) is 3.13. The van der Waals surface area contributed by atoms with E-state index >= 15 is 0 Å². The third kappa shape index (κ3) is 4.24. The number of hydrogen-bond acceptors (Lipinski definition) is 5. The van der Waals surface area contributed by atoms with Crippen LogP contribution in [0.1, 0.15) is 23.2 Å². The molecule has 0 bridgehead atoms. The first-order chi connectivity index (χ1) is 13.8. The van der Waals surface area contributed by atoms with Crippen LogP contribution in [-0.2, 0) is 21.2 Å². The van der Waals surface area contributed by atoms with Crippen LogP contribution in [0.15, 0.2) is 41.6 Å². The monoisotopic (exact) mass is 363 g/mol. The molecule has 0 saturated carbocycles. The molecule has 0 spiro atoms. The van der Waals surface area contributed by atoms with Gasteiger partial charge in [-0.1, -0.05) is 12.1 Å². The van der Waals surface area contributed by atoms with E-state index in [1.165, 1.54) is 0 Å². The molecule has 0 radical (unpaired) electrons. The predicted octanol–water partition coefficient (Wildman–Crippen LogP) is 2.99. The van der Waals surface area contributed by atoms with Gasteiger partial charge in [-0.3, -0.25) is 9.19 Å². The van der Waals surface area contributed by atoms with Crippen molar-refractivity contribution < 1.29 is 19.2 Å². The van der Waals surface area contributed by atoms with Crippen LogP contribution in [0, 0.1) is 6.92 Å². The van der Waals surface area contributed by atoms with Crippen molar-refractivity contribution in [2.45, 2.75) is 24.2 Å². The number of benzene rings is 1. The van der Waals surface area contributed by atoms with E-state index in [1.54, 1.807) is 38.3 Å². The van der Waals surface area contributed by atoms with Gasteiger partial charge in [0.2, 0.25) is 0 Å². The van der Waals surface area contributed by atoms with Crippen LogP contribution in [0.3, 0.4) is 0 Å². The zero-order chi connectivity index (χ0) is 21.2. The van der Waals surface area contributed by atoms with Gasteiger partial charge in [-0.15, -0.1) is 0 Å². The molecule has 0 aliphatic rings. The first-order valence-electron chi connectivity index (χ1n) is 9.74. The first kappa shape index (κ1) is 13.0. The van der Waals surface area contributed by atoms with Gasteiger partial charge in [0.1, 0.15) is 5.75 Å². The summed E-state index contributed by atoms with van der Waals surface area (Å²) in [6, 6.07) is 6.82. The number of hydrogen-bond donors (Lipinski definition) is 1. The second kappa shape index (κ2) is 8.22. The summed E-state index contributed by atoms with van der Waals surface area (Å²) in [7, 11) is -0.671. The van der Waals surface area contributed by atoms with Gasteiger partial charge in [0.05, 0.1) is 42.6 Å². The molecule has 25 heavy (non-hydrogen) atoms. The van der Waals surface area contributed by atoms with Crippen molar-refractivity contribution in [2.75, 3.05) is 20.3 Å². The summed E-state index contributed by atoms with van der Waals surface area (Å²) in [5, 5.41) is -0.0264. The number of nitrogens with zero attached hydrogens (tertiary/aromatic N) is 2. The molecule has 2 aromatic heterocycles. The van der Waals surface area contributed by atoms with Gasteiger partial charge in [0, 0.05) is 34.6 Å². The fraction of sp³-hybridized carbons (Fsp3) is 0.333. The largest absolute Gasteiger partial charge is 0.493 e. The average molecular weight is 363 g/mol. The number of para-hydroxylation sites is 2. The summed E-state index contributed by atoms with van der Waals surface area (Å²) in [5.41, 5.74) is -1.22. The van der Waals surface area contributed by atoms with Crippen molar-refractivity contribution in [3.05, 3.63) is 47.7 Å². The van der Waals surface area contributed by atoms with Crippen LogP contribution < -0.4 is 4.74 Å². The van der Waals surface area contributed by atoms with Crippen molar-refractivity contribution in [3.63, 3.8) is 0 Å². The molecule has 0 aliphatic carbocycles. The topological polar surface area (TPSA) is 77.1 Å². The Bertz CT molecular complexity index is 1030. The van der Waals surface area contributed by atoms with E-state index in [4.69, 9.17) is 15.0 Å². The molecule has 1 unspecified atom stereocenters. The zero-order valence-corrected chi connectivity index (χ0v) is 14.8. The molecule has 3 rings (SSSR count). The molecule has 0 aliphatic heterocycles. The first-order valence-corrected chi connectivity index (χ1v) is 8.89. The molecule has 1 atom stereocenters. The highest BCUT2D eigenvalue weighted by Crippen LogP contribution is 2.22. The van der Waals surface area contributed by atoms with Gasteiger partial charge in [-0.25, -0.2) is 4.98 Å². The summed E-state index contributed by atoms with van der Waals surface area (Å²) in [4.78, 5) is 11.0. The highest BCUT2D eigenvalue weighted by molar-refractivity contribution is 7.84. The number of H-pyrrole nitrogens is 1. The maximum atomic E-state index is 13.0. The van der Waals surface area contributed by atoms with Gasteiger partial charge in [0.15, 0.2) is 5.16 Å². The van der Waals surface area contributed by atoms with Crippen LogP contribution >= 0.6 is 0 Å². The van der Waals surface area contributed by atoms with Crippen molar-refractivity contribution in [2.24, 2.45) is 0 Å². The number of rotatable bonds is 8. The van der Waals surface area contributed by atoms with Crippen molar-refractivity contribution in [1.29, 1.82) is 0 Å². The SMILES string of the molecule is [2H]c1nc(C([2H])([2H])S(=O)c2nc3ccccc3[nH]2)c(C)c(OCCCOC)c1[2H]. The van der Waals surface area contributed by atoms with E-state index in [0.717, 1.165) is 0 Å². The van der Waals surface area contributed by atoms with Crippen LogP contribution in [0.4, 0.5) is 0 Å². The Hall–Kier alpha value is -2.25. The second-order valence-corrected chi connectivity index (χ2v) is 6.40. The molecular formula is C18H21N3O3S. The lowest BCUT2D eigenvalue weighted by Gasteiger charge is -2.11. The molecular weight excluding hydrogens is 338 g/mol. The van der Waals surface area contributed by atoms with Gasteiger partial charge in [-0.05, 0) is 25.1 Å². The Labute approximate surface area is 154 Å². The Balaban J connectivity index is 1.98. The summed E-state index contributed by atoms with van der Waals surface area (Å²) in [6.07, 6.45) is 0.121. The van der Waals surface area contributed by atoms with E-state index in [-0.39, 0.29) is 34.8 Å². The lowest BCUT2D eigenvalue weighted by molar-refractivity contribution is 0.172. The molecule has 132 valence electrons. The Morgan fingerprint density at radius 1 is 1.36 bits per heavy atom. The molecule has 0 fully saturated rings. The standard InChI is InChI=1S/C18H21N3O3S/c1-13-16(19-9-8-17(13)24-11-5-10-23-2)12-25(22)18-20-14-6-3-4-7-15(14)21-18/h3-4,6-9H,5,10-12H2,1-2H3,(H,20,21)/i8D,9D,12D2. The van der Waals surface area contributed by atoms with Crippen LogP contribution in [0.2, 0.25) is 0 Å². The summed E-state index contributed by atoms with van der Waals surface area (Å²) in [6.45, 7) is 2.24. The van der Waals surface area contributed by atoms with E-state index in [2.05, 4.69) is 15.0 Å². The van der Waals surface area contributed by atoms with Gasteiger partial charge < -0.3 is 14.5 Å². The number of methoxy groups -OCH3 is 1. The van der Waals surface area contributed by atoms with E-state index in [0.29, 0.717) is 24.1 Å². The van der Waals surface area contributed by atoms with Crippen LogP contribution in [-0.4, -0.2) is 39.5 Å². The number of aromatic nitrogens is 3. The number of pyridine rings is 1. The molecule has 1 aromatic carbocycles. The molecule has 1 N–H and O–H groups in total. The number of aromatic amines is 1. The molecule has 3 aromatic rings. The Morgan fingerprint density at radius 3 is 3.00 bits per heavy atom. The predicted molar refractivity (Wildman–Crippen MR) is 97.2 cm³/mol. The summed E-state index contributed by atoms with van der Waals surface area (Å²) < 4.78 is 56.5. The molecule has 2 heterocycles. The fourth-order valence-corrected chi connectivity index (χ4v) is 3.05. The van der Waals surface area contributed by atoms with E-state index < -0.39 is 22.7 Å². The lowest BCUT2D eigenvalue weighted by atomic mass is 10.2. The molecule has 0 saturated heterocycles. The van der Waals surface area contributed by atoms with Gasteiger partial charge in [-0.2, -0.15) is 0 Å². The minimum atomic E-state index is -2.45. The number of nitrogens with one attached hydrogen (secondary N) is 1. The maximum absolute atomic E-state index is 13.0. The highest BCUT2D eigenvalue weighted by Gasteiger charge is 2.14. The zero-order valence-electron chi connectivity index (χ0n) is 18.0. The third-order valence-electron chi connectivity index (χ3n) is 3.50.